The van der Waals surface area contributed by atoms with Gasteiger partial charge >= 0.3 is 0 Å². The molecule has 0 bridgehead atoms. The summed E-state index contributed by atoms with van der Waals surface area (Å²) in [6.45, 7) is 0.763. The number of aromatic nitrogens is 2. The predicted octanol–water partition coefficient (Wildman–Crippen LogP) is 0.585. The fourth-order valence-electron chi connectivity index (χ4n) is 3.24. The maximum Gasteiger partial charge on any atom is 0.258 e. The first kappa shape index (κ1) is 15.0. The summed E-state index contributed by atoms with van der Waals surface area (Å²) in [5.41, 5.74) is -0.374. The molecule has 2 amide bonds. The van der Waals surface area contributed by atoms with Gasteiger partial charge in [-0.2, -0.15) is 5.10 Å². The highest BCUT2D eigenvalue weighted by Crippen LogP contribution is 2.35. The van der Waals surface area contributed by atoms with E-state index in [1.807, 2.05) is 4.68 Å². The number of carbonyl (C=O) groups is 2. The Hall–Kier alpha value is -1.89. The third-order valence-corrected chi connectivity index (χ3v) is 4.54. The van der Waals surface area contributed by atoms with Crippen LogP contribution in [0.4, 0.5) is 0 Å². The summed E-state index contributed by atoms with van der Waals surface area (Å²) in [5, 5.41) is 6.94. The van der Waals surface area contributed by atoms with Crippen molar-refractivity contribution in [2.45, 2.75) is 37.3 Å². The molecule has 1 aliphatic heterocycles. The van der Waals surface area contributed by atoms with Crippen LogP contribution in [-0.4, -0.2) is 59.3 Å². The second kappa shape index (κ2) is 5.72. The van der Waals surface area contributed by atoms with Crippen LogP contribution in [0, 0.1) is 0 Å². The zero-order valence-electron chi connectivity index (χ0n) is 13.0. The minimum absolute atomic E-state index is 0.148. The Morgan fingerprint density at radius 3 is 2.91 bits per heavy atom. The van der Waals surface area contributed by atoms with Crippen molar-refractivity contribution in [2.24, 2.45) is 0 Å². The molecule has 7 heteroatoms. The summed E-state index contributed by atoms with van der Waals surface area (Å²) in [6, 6.07) is 0.433. The number of likely N-dealkylation sites (N-methyl/N-ethyl adjacent to an activating group) is 1. The molecule has 2 heterocycles. The van der Waals surface area contributed by atoms with E-state index < -0.39 is 5.54 Å². The zero-order valence-corrected chi connectivity index (χ0v) is 13.0. The molecular formula is C15H22N4O3. The van der Waals surface area contributed by atoms with Gasteiger partial charge in [-0.25, -0.2) is 0 Å². The van der Waals surface area contributed by atoms with Gasteiger partial charge in [-0.15, -0.1) is 0 Å². The monoisotopic (exact) mass is 306 g/mol. The smallest absolute Gasteiger partial charge is 0.258 e. The second-order valence-electron chi connectivity index (χ2n) is 6.04. The maximum atomic E-state index is 12.9. The molecule has 1 N–H and O–H groups in total. The van der Waals surface area contributed by atoms with Crippen LogP contribution < -0.4 is 5.32 Å². The molecule has 1 atom stereocenters. The highest BCUT2D eigenvalue weighted by Gasteiger charge is 2.49. The molecule has 1 saturated heterocycles. The van der Waals surface area contributed by atoms with Crippen molar-refractivity contribution < 1.29 is 14.3 Å². The Balaban J connectivity index is 1.86. The molecule has 1 aliphatic carbocycles. The molecule has 22 heavy (non-hydrogen) atoms. The average Bonchev–Trinajstić information content (AvgIpc) is 3.11. The van der Waals surface area contributed by atoms with Crippen molar-refractivity contribution >= 4 is 11.8 Å². The number of ether oxygens (including phenoxy) is 1. The summed E-state index contributed by atoms with van der Waals surface area (Å²) >= 11 is 0. The lowest BCUT2D eigenvalue weighted by atomic mass is 9.95. The van der Waals surface area contributed by atoms with E-state index in [9.17, 15) is 9.59 Å². The van der Waals surface area contributed by atoms with Crippen LogP contribution in [0.5, 0.6) is 0 Å². The topological polar surface area (TPSA) is 76.5 Å². The standard InChI is InChI=1S/C15H22N4O3/c1-16-14(21)15(10-22-2)6-3-7-18(15)13(20)11-8-17-19(9-11)12-4-5-12/h8-9,12H,3-7,10H2,1-2H3,(H,16,21). The molecule has 0 radical (unpaired) electrons. The normalized spacial score (nSPS) is 24.5. The van der Waals surface area contributed by atoms with Crippen LogP contribution in [0.1, 0.15) is 42.1 Å². The molecule has 1 aromatic heterocycles. The largest absolute Gasteiger partial charge is 0.382 e. The van der Waals surface area contributed by atoms with Crippen molar-refractivity contribution in [3.63, 3.8) is 0 Å². The van der Waals surface area contributed by atoms with Crippen molar-refractivity contribution in [1.29, 1.82) is 0 Å². The number of nitrogens with one attached hydrogen (secondary N) is 1. The molecule has 1 aromatic rings. The number of amides is 2. The Labute approximate surface area is 129 Å². The lowest BCUT2D eigenvalue weighted by Crippen LogP contribution is -2.59. The molecule has 0 spiro atoms. The first-order valence-electron chi connectivity index (χ1n) is 7.69. The van der Waals surface area contributed by atoms with Crippen molar-refractivity contribution in [3.05, 3.63) is 18.0 Å². The van der Waals surface area contributed by atoms with E-state index in [1.165, 1.54) is 0 Å². The molecule has 2 fully saturated rings. The first-order valence-corrected chi connectivity index (χ1v) is 7.69. The lowest BCUT2D eigenvalue weighted by molar-refractivity contribution is -0.133. The summed E-state index contributed by atoms with van der Waals surface area (Å²) in [5.74, 6) is -0.320. The van der Waals surface area contributed by atoms with Crippen molar-refractivity contribution in [2.75, 3.05) is 27.3 Å². The van der Waals surface area contributed by atoms with Gasteiger partial charge in [0, 0.05) is 26.9 Å². The molecule has 0 aromatic carbocycles. The van der Waals surface area contributed by atoms with Crippen LogP contribution in [0.15, 0.2) is 12.4 Å². The summed E-state index contributed by atoms with van der Waals surface area (Å²) in [7, 11) is 3.14. The van der Waals surface area contributed by atoms with Gasteiger partial charge in [0.05, 0.1) is 24.4 Å². The summed E-state index contributed by atoms with van der Waals surface area (Å²) in [6.07, 6.45) is 7.03. The number of hydrogen-bond donors (Lipinski definition) is 1. The lowest BCUT2D eigenvalue weighted by Gasteiger charge is -2.36. The predicted molar refractivity (Wildman–Crippen MR) is 79.4 cm³/mol. The summed E-state index contributed by atoms with van der Waals surface area (Å²) in [4.78, 5) is 26.9. The van der Waals surface area contributed by atoms with E-state index in [0.29, 0.717) is 24.6 Å². The highest BCUT2D eigenvalue weighted by molar-refractivity contribution is 5.99. The minimum atomic E-state index is -0.914. The minimum Gasteiger partial charge on any atom is -0.382 e. The van der Waals surface area contributed by atoms with Gasteiger partial charge < -0.3 is 15.0 Å². The van der Waals surface area contributed by atoms with Gasteiger partial charge in [0.2, 0.25) is 5.91 Å². The number of methoxy groups -OCH3 is 1. The summed E-state index contributed by atoms with van der Waals surface area (Å²) < 4.78 is 7.09. The van der Waals surface area contributed by atoms with Gasteiger partial charge in [0.1, 0.15) is 5.54 Å². The van der Waals surface area contributed by atoms with Gasteiger partial charge in [0.25, 0.3) is 5.91 Å². The van der Waals surface area contributed by atoms with Crippen molar-refractivity contribution in [1.82, 2.24) is 20.0 Å². The molecule has 7 nitrogen and oxygen atoms in total. The SMILES string of the molecule is CNC(=O)C1(COC)CCCN1C(=O)c1cnn(C2CC2)c1. The van der Waals surface area contributed by atoms with Crippen LogP contribution in [0.2, 0.25) is 0 Å². The quantitative estimate of drug-likeness (QED) is 0.863. The van der Waals surface area contributed by atoms with E-state index in [-0.39, 0.29) is 18.4 Å². The van der Waals surface area contributed by atoms with Gasteiger partial charge in [-0.3, -0.25) is 14.3 Å². The van der Waals surface area contributed by atoms with Gasteiger partial charge in [-0.1, -0.05) is 0 Å². The zero-order chi connectivity index (χ0) is 15.7. The van der Waals surface area contributed by atoms with Crippen molar-refractivity contribution in [3.8, 4) is 0 Å². The third-order valence-electron chi connectivity index (χ3n) is 4.54. The molecule has 120 valence electrons. The van der Waals surface area contributed by atoms with E-state index in [1.54, 1.807) is 31.5 Å². The van der Waals surface area contributed by atoms with Gasteiger partial charge in [-0.05, 0) is 25.7 Å². The molecule has 1 unspecified atom stereocenters. The Morgan fingerprint density at radius 2 is 2.27 bits per heavy atom. The van der Waals surface area contributed by atoms with Crippen LogP contribution >= 0.6 is 0 Å². The number of rotatable bonds is 5. The maximum absolute atomic E-state index is 12.9. The van der Waals surface area contributed by atoms with Crippen LogP contribution in [-0.2, 0) is 9.53 Å². The van der Waals surface area contributed by atoms with Gasteiger partial charge in [0.15, 0.2) is 0 Å². The van der Waals surface area contributed by atoms with Crippen LogP contribution in [0.3, 0.4) is 0 Å². The fourth-order valence-corrected chi connectivity index (χ4v) is 3.24. The molecule has 2 aliphatic rings. The number of hydrogen-bond acceptors (Lipinski definition) is 4. The van der Waals surface area contributed by atoms with E-state index in [4.69, 9.17) is 4.74 Å². The van der Waals surface area contributed by atoms with Crippen LogP contribution in [0.25, 0.3) is 0 Å². The van der Waals surface area contributed by atoms with E-state index >= 15 is 0 Å². The number of nitrogens with zero attached hydrogens (tertiary/aromatic N) is 3. The Morgan fingerprint density at radius 1 is 1.50 bits per heavy atom. The van der Waals surface area contributed by atoms with E-state index in [0.717, 1.165) is 19.3 Å². The number of likely N-dealkylation sites (tertiary alicyclic amines) is 1. The molecule has 3 rings (SSSR count). The fraction of sp³-hybridized carbons (Fsp3) is 0.667. The first-order chi connectivity index (χ1) is 10.6. The average molecular weight is 306 g/mol. The Bertz CT molecular complexity index is 581. The number of carbonyl (C=O) groups excluding carboxylic acids is 2. The molecular weight excluding hydrogens is 284 g/mol. The molecule has 1 saturated carbocycles. The second-order valence-corrected chi connectivity index (χ2v) is 6.04. The third kappa shape index (κ3) is 2.39. The Kier molecular flexibility index (Phi) is 3.90. The van der Waals surface area contributed by atoms with E-state index in [2.05, 4.69) is 10.4 Å². The highest BCUT2D eigenvalue weighted by atomic mass is 16.5.